The number of hydrogen-bond donors (Lipinski definition) is 1. The van der Waals surface area contributed by atoms with Gasteiger partial charge in [0.2, 0.25) is 6.41 Å². The molecule has 0 spiro atoms. The second-order valence-electron chi connectivity index (χ2n) is 9.69. The molecule has 0 radical (unpaired) electrons. The average molecular weight is 611 g/mol. The van der Waals surface area contributed by atoms with Gasteiger partial charge in [-0.1, -0.05) is 24.3 Å². The van der Waals surface area contributed by atoms with Crippen LogP contribution < -0.4 is 10.2 Å². The Morgan fingerprint density at radius 2 is 1.32 bits per heavy atom. The number of hydrogen-bond acceptors (Lipinski definition) is 4. The van der Waals surface area contributed by atoms with Gasteiger partial charge in [-0.15, -0.1) is 0 Å². The van der Waals surface area contributed by atoms with E-state index in [-0.39, 0.29) is 52.3 Å². The highest BCUT2D eigenvalue weighted by atomic mass is 19.4. The first-order chi connectivity index (χ1) is 20.8. The summed E-state index contributed by atoms with van der Waals surface area (Å²) < 4.78 is 79.8. The fraction of sp³-hybridized carbons (Fsp3) is 0.0968. The molecule has 0 fully saturated rings. The Bertz CT molecular complexity index is 1770. The van der Waals surface area contributed by atoms with E-state index in [0.717, 1.165) is 46.2 Å². The van der Waals surface area contributed by atoms with Crippen molar-refractivity contribution in [3.63, 3.8) is 0 Å². The molecule has 1 aliphatic rings. The number of alkyl halides is 6. The zero-order valence-corrected chi connectivity index (χ0v) is 22.2. The zero-order valence-electron chi connectivity index (χ0n) is 22.2. The molecule has 5 rings (SSSR count). The molecule has 1 aliphatic heterocycles. The van der Waals surface area contributed by atoms with E-state index >= 15 is 0 Å². The predicted octanol–water partition coefficient (Wildman–Crippen LogP) is 7.07. The van der Waals surface area contributed by atoms with Crippen LogP contribution in [0.2, 0.25) is 0 Å². The maximum Gasteiger partial charge on any atom is 0.416 e. The molecule has 0 aliphatic carbocycles. The van der Waals surface area contributed by atoms with Gasteiger partial charge in [-0.3, -0.25) is 29.0 Å². The first-order valence-corrected chi connectivity index (χ1v) is 12.8. The second-order valence-corrected chi connectivity index (χ2v) is 9.69. The van der Waals surface area contributed by atoms with Crippen molar-refractivity contribution in [3.05, 3.63) is 124 Å². The molecule has 1 N–H and O–H groups in total. The van der Waals surface area contributed by atoms with Gasteiger partial charge in [0.15, 0.2) is 0 Å². The summed E-state index contributed by atoms with van der Waals surface area (Å²) in [5.74, 6) is -2.19. The van der Waals surface area contributed by atoms with Crippen molar-refractivity contribution in [1.29, 1.82) is 0 Å². The van der Waals surface area contributed by atoms with Crippen molar-refractivity contribution >= 4 is 41.2 Å². The largest absolute Gasteiger partial charge is 0.416 e. The Morgan fingerprint density at radius 1 is 0.727 bits per heavy atom. The van der Waals surface area contributed by atoms with Gasteiger partial charge < -0.3 is 5.32 Å². The van der Waals surface area contributed by atoms with Crippen LogP contribution in [0.15, 0.2) is 91.0 Å². The van der Waals surface area contributed by atoms with Crippen LogP contribution in [0.4, 0.5) is 43.4 Å². The van der Waals surface area contributed by atoms with Gasteiger partial charge in [0, 0.05) is 16.9 Å². The fourth-order valence-electron chi connectivity index (χ4n) is 4.68. The highest BCUT2D eigenvalue weighted by Gasteiger charge is 2.36. The molecule has 44 heavy (non-hydrogen) atoms. The van der Waals surface area contributed by atoms with Gasteiger partial charge in [0.05, 0.1) is 34.5 Å². The summed E-state index contributed by atoms with van der Waals surface area (Å²) in [5, 5.41) is 2.43. The summed E-state index contributed by atoms with van der Waals surface area (Å²) in [6, 6.07) is 17.4. The summed E-state index contributed by atoms with van der Waals surface area (Å²) in [5.41, 5.74) is -2.29. The van der Waals surface area contributed by atoms with Crippen molar-refractivity contribution in [3.8, 4) is 0 Å². The van der Waals surface area contributed by atoms with E-state index in [1.807, 2.05) is 0 Å². The molecular weight excluding hydrogens is 592 g/mol. The van der Waals surface area contributed by atoms with Crippen molar-refractivity contribution < 1.29 is 45.5 Å². The van der Waals surface area contributed by atoms with Gasteiger partial charge >= 0.3 is 12.4 Å². The lowest BCUT2D eigenvalue weighted by molar-refractivity contribution is -0.138. The van der Waals surface area contributed by atoms with E-state index in [0.29, 0.717) is 6.07 Å². The molecule has 13 heteroatoms. The number of nitrogens with zero attached hydrogens (tertiary/aromatic N) is 2. The van der Waals surface area contributed by atoms with Crippen LogP contribution >= 0.6 is 0 Å². The van der Waals surface area contributed by atoms with Crippen LogP contribution in [0.1, 0.15) is 47.8 Å². The number of rotatable bonds is 7. The number of imide groups is 1. The van der Waals surface area contributed by atoms with Crippen LogP contribution in [-0.2, 0) is 23.7 Å². The summed E-state index contributed by atoms with van der Waals surface area (Å²) in [4.78, 5) is 52.9. The van der Waals surface area contributed by atoms with Gasteiger partial charge in [-0.05, 0) is 72.3 Å². The number of carbonyl (C=O) groups is 4. The number of benzene rings is 4. The van der Waals surface area contributed by atoms with Gasteiger partial charge in [-0.25, -0.2) is 0 Å². The van der Waals surface area contributed by atoms with Crippen LogP contribution in [0, 0.1) is 0 Å². The molecule has 0 bridgehead atoms. The molecule has 0 atom stereocenters. The van der Waals surface area contributed by atoms with Crippen LogP contribution in [0.3, 0.4) is 0 Å². The molecule has 0 aromatic heterocycles. The third-order valence-corrected chi connectivity index (χ3v) is 6.74. The van der Waals surface area contributed by atoms with Gasteiger partial charge in [-0.2, -0.15) is 26.3 Å². The number of anilines is 3. The molecule has 4 aromatic carbocycles. The summed E-state index contributed by atoms with van der Waals surface area (Å²) in [6.45, 7) is -0.359. The van der Waals surface area contributed by atoms with Crippen molar-refractivity contribution in [2.24, 2.45) is 0 Å². The molecule has 7 nitrogen and oxygen atoms in total. The monoisotopic (exact) mass is 611 g/mol. The molecule has 0 unspecified atom stereocenters. The highest BCUT2D eigenvalue weighted by Crippen LogP contribution is 2.35. The fourth-order valence-corrected chi connectivity index (χ4v) is 4.68. The standard InChI is InChI=1S/C31H19F6N3O4/c32-30(33,34)20-6-3-5-19(13-20)27(42)38-22-11-18(16-39-28(43)25-9-1-2-10-26(25)29(39)44)12-24(15-22)40(17-41)23-8-4-7-21(14-23)31(35,36)37/h1-15,17H,16H2,(H,38,42). The molecule has 4 amide bonds. The van der Waals surface area contributed by atoms with E-state index in [1.54, 1.807) is 12.1 Å². The average Bonchev–Trinajstić information content (AvgIpc) is 3.22. The van der Waals surface area contributed by atoms with Gasteiger partial charge in [0.25, 0.3) is 17.7 Å². The third-order valence-electron chi connectivity index (χ3n) is 6.74. The Balaban J connectivity index is 1.54. The topological polar surface area (TPSA) is 86.8 Å². The lowest BCUT2D eigenvalue weighted by atomic mass is 10.1. The van der Waals surface area contributed by atoms with Gasteiger partial charge in [0.1, 0.15) is 0 Å². The zero-order chi connectivity index (χ0) is 31.8. The molecule has 0 saturated carbocycles. The van der Waals surface area contributed by atoms with Crippen LogP contribution in [-0.4, -0.2) is 29.0 Å². The lowest BCUT2D eigenvalue weighted by Crippen LogP contribution is -2.29. The first kappa shape index (κ1) is 30.0. The Kier molecular flexibility index (Phi) is 7.72. The molecule has 224 valence electrons. The minimum absolute atomic E-state index is 0.0622. The van der Waals surface area contributed by atoms with Crippen molar-refractivity contribution in [1.82, 2.24) is 4.90 Å². The summed E-state index contributed by atoms with van der Waals surface area (Å²) in [6.07, 6.45) is -9.21. The van der Waals surface area contributed by atoms with Crippen LogP contribution in [0.25, 0.3) is 0 Å². The third kappa shape index (κ3) is 6.02. The number of halogens is 6. The lowest BCUT2D eigenvalue weighted by Gasteiger charge is -2.22. The first-order valence-electron chi connectivity index (χ1n) is 12.8. The van der Waals surface area contributed by atoms with Crippen molar-refractivity contribution in [2.75, 3.05) is 10.2 Å². The predicted molar refractivity (Wildman–Crippen MR) is 146 cm³/mol. The Morgan fingerprint density at radius 3 is 1.91 bits per heavy atom. The van der Waals surface area contributed by atoms with Crippen molar-refractivity contribution in [2.45, 2.75) is 18.9 Å². The second kappa shape index (κ2) is 11.3. The van der Waals surface area contributed by atoms with E-state index in [4.69, 9.17) is 0 Å². The maximum atomic E-state index is 13.4. The molecule has 1 heterocycles. The highest BCUT2D eigenvalue weighted by molar-refractivity contribution is 6.21. The Hall–Kier alpha value is -5.46. The minimum Gasteiger partial charge on any atom is -0.322 e. The summed E-state index contributed by atoms with van der Waals surface area (Å²) in [7, 11) is 0. The number of amides is 4. The van der Waals surface area contributed by atoms with E-state index in [2.05, 4.69) is 5.32 Å². The minimum atomic E-state index is -4.72. The number of fused-ring (bicyclic) bond motifs is 1. The van der Waals surface area contributed by atoms with E-state index < -0.39 is 41.2 Å². The summed E-state index contributed by atoms with van der Waals surface area (Å²) >= 11 is 0. The normalized spacial score (nSPS) is 13.1. The Labute approximate surface area is 245 Å². The molecule has 4 aromatic rings. The smallest absolute Gasteiger partial charge is 0.322 e. The molecular formula is C31H19F6N3O4. The molecule has 0 saturated heterocycles. The SMILES string of the molecule is O=CN(c1cc(CN2C(=O)c3ccccc3C2=O)cc(NC(=O)c2cccc(C(F)(F)F)c2)c1)c1cccc(C(F)(F)F)c1. The number of nitrogens with one attached hydrogen (secondary N) is 1. The number of carbonyl (C=O) groups excluding carboxylic acids is 4. The van der Waals surface area contributed by atoms with Crippen LogP contribution in [0.5, 0.6) is 0 Å². The van der Waals surface area contributed by atoms with E-state index in [1.165, 1.54) is 36.4 Å². The quantitative estimate of drug-likeness (QED) is 0.138. The van der Waals surface area contributed by atoms with E-state index in [9.17, 15) is 45.5 Å². The maximum absolute atomic E-state index is 13.4.